The number of fused-ring (bicyclic) bond motifs is 1. The summed E-state index contributed by atoms with van der Waals surface area (Å²) in [7, 11) is 1.86. The van der Waals surface area contributed by atoms with E-state index in [4.69, 9.17) is 4.98 Å². The fourth-order valence-corrected chi connectivity index (χ4v) is 4.51. The van der Waals surface area contributed by atoms with Gasteiger partial charge in [-0.15, -0.1) is 5.10 Å². The Labute approximate surface area is 133 Å². The first-order chi connectivity index (χ1) is 10.6. The smallest absolute Gasteiger partial charge is 0.244 e. The van der Waals surface area contributed by atoms with E-state index in [1.165, 1.54) is 31.4 Å². The Balaban J connectivity index is 1.60. The SMILES string of the molecule is CC1C(=O)N(C)CCN1c1nn2cc(C3CCCC3)nc2s1. The number of aromatic nitrogens is 3. The van der Waals surface area contributed by atoms with Crippen LogP contribution in [0.1, 0.15) is 44.2 Å². The van der Waals surface area contributed by atoms with Gasteiger partial charge in [-0.05, 0) is 19.8 Å². The molecule has 0 spiro atoms. The molecule has 3 heterocycles. The lowest BCUT2D eigenvalue weighted by atomic mass is 10.1. The molecule has 4 rings (SSSR count). The van der Waals surface area contributed by atoms with E-state index < -0.39 is 0 Å². The maximum absolute atomic E-state index is 12.1. The van der Waals surface area contributed by atoms with Crippen LogP contribution in [0.3, 0.4) is 0 Å². The van der Waals surface area contributed by atoms with Gasteiger partial charge in [-0.25, -0.2) is 9.50 Å². The number of rotatable bonds is 2. The van der Waals surface area contributed by atoms with Crippen LogP contribution in [0, 0.1) is 0 Å². The molecule has 1 amide bonds. The number of nitrogens with zero attached hydrogens (tertiary/aromatic N) is 5. The molecular weight excluding hydrogens is 298 g/mol. The summed E-state index contributed by atoms with van der Waals surface area (Å²) >= 11 is 1.59. The van der Waals surface area contributed by atoms with E-state index in [0.29, 0.717) is 5.92 Å². The molecule has 22 heavy (non-hydrogen) atoms. The summed E-state index contributed by atoms with van der Waals surface area (Å²) in [6.45, 7) is 3.53. The Kier molecular flexibility index (Phi) is 3.32. The fourth-order valence-electron chi connectivity index (χ4n) is 3.52. The first-order valence-electron chi connectivity index (χ1n) is 8.01. The first kappa shape index (κ1) is 14.0. The minimum Gasteiger partial charge on any atom is -0.342 e. The molecule has 0 radical (unpaired) electrons. The van der Waals surface area contributed by atoms with Crippen LogP contribution in [0.25, 0.3) is 4.96 Å². The topological polar surface area (TPSA) is 53.7 Å². The summed E-state index contributed by atoms with van der Waals surface area (Å²) < 4.78 is 1.89. The third-order valence-corrected chi connectivity index (χ3v) is 5.91. The van der Waals surface area contributed by atoms with Gasteiger partial charge in [0, 0.05) is 26.1 Å². The van der Waals surface area contributed by atoms with Gasteiger partial charge in [0.05, 0.1) is 11.9 Å². The lowest BCUT2D eigenvalue weighted by Gasteiger charge is -2.36. The molecule has 0 N–H and O–H groups in total. The lowest BCUT2D eigenvalue weighted by Crippen LogP contribution is -2.54. The largest absolute Gasteiger partial charge is 0.342 e. The van der Waals surface area contributed by atoms with Gasteiger partial charge in [-0.2, -0.15) is 0 Å². The summed E-state index contributed by atoms with van der Waals surface area (Å²) in [5, 5.41) is 5.56. The molecular formula is C15H21N5OS. The van der Waals surface area contributed by atoms with Crippen LogP contribution in [-0.4, -0.2) is 51.6 Å². The highest BCUT2D eigenvalue weighted by molar-refractivity contribution is 7.20. The van der Waals surface area contributed by atoms with E-state index in [9.17, 15) is 4.79 Å². The molecule has 0 bridgehead atoms. The molecule has 2 aromatic rings. The van der Waals surface area contributed by atoms with Crippen molar-refractivity contribution in [1.82, 2.24) is 19.5 Å². The van der Waals surface area contributed by atoms with Crippen molar-refractivity contribution in [3.05, 3.63) is 11.9 Å². The summed E-state index contributed by atoms with van der Waals surface area (Å²) in [5.41, 5.74) is 1.19. The van der Waals surface area contributed by atoms with E-state index in [-0.39, 0.29) is 11.9 Å². The third kappa shape index (κ3) is 2.18. The van der Waals surface area contributed by atoms with Gasteiger partial charge in [0.2, 0.25) is 16.0 Å². The first-order valence-corrected chi connectivity index (χ1v) is 8.83. The van der Waals surface area contributed by atoms with Crippen molar-refractivity contribution in [2.45, 2.75) is 44.6 Å². The van der Waals surface area contributed by atoms with Crippen molar-refractivity contribution in [2.75, 3.05) is 25.0 Å². The Morgan fingerprint density at radius 3 is 2.77 bits per heavy atom. The van der Waals surface area contributed by atoms with Crippen LogP contribution in [0.15, 0.2) is 6.20 Å². The van der Waals surface area contributed by atoms with E-state index >= 15 is 0 Å². The average molecular weight is 319 g/mol. The van der Waals surface area contributed by atoms with Gasteiger partial charge in [-0.3, -0.25) is 4.79 Å². The molecule has 6 nitrogen and oxygen atoms in total. The normalized spacial score (nSPS) is 23.9. The van der Waals surface area contributed by atoms with E-state index in [2.05, 4.69) is 16.2 Å². The number of carbonyl (C=O) groups is 1. The Morgan fingerprint density at radius 1 is 1.27 bits per heavy atom. The molecule has 2 aromatic heterocycles. The van der Waals surface area contributed by atoms with Gasteiger partial charge >= 0.3 is 0 Å². The predicted octanol–water partition coefficient (Wildman–Crippen LogP) is 2.12. The number of imidazole rings is 1. The minimum absolute atomic E-state index is 0.149. The van der Waals surface area contributed by atoms with Crippen molar-refractivity contribution in [1.29, 1.82) is 0 Å². The molecule has 1 aliphatic carbocycles. The van der Waals surface area contributed by atoms with Gasteiger partial charge in [-0.1, -0.05) is 24.2 Å². The van der Waals surface area contributed by atoms with E-state index in [1.54, 1.807) is 16.2 Å². The molecule has 118 valence electrons. The highest BCUT2D eigenvalue weighted by Gasteiger charge is 2.31. The van der Waals surface area contributed by atoms with Gasteiger partial charge in [0.1, 0.15) is 6.04 Å². The van der Waals surface area contributed by atoms with E-state index in [0.717, 1.165) is 23.2 Å². The molecule has 1 atom stereocenters. The van der Waals surface area contributed by atoms with Crippen LogP contribution in [0.5, 0.6) is 0 Å². The second-order valence-corrected chi connectivity index (χ2v) is 7.32. The highest BCUT2D eigenvalue weighted by Crippen LogP contribution is 2.35. The van der Waals surface area contributed by atoms with E-state index in [1.807, 2.05) is 18.5 Å². The predicted molar refractivity (Wildman–Crippen MR) is 86.5 cm³/mol. The zero-order valence-corrected chi connectivity index (χ0v) is 13.8. The molecule has 2 aliphatic rings. The van der Waals surface area contributed by atoms with Crippen LogP contribution in [0.4, 0.5) is 5.13 Å². The quantitative estimate of drug-likeness (QED) is 0.851. The highest BCUT2D eigenvalue weighted by atomic mass is 32.1. The van der Waals surface area contributed by atoms with Crippen molar-refractivity contribution in [2.24, 2.45) is 0 Å². The molecule has 1 aliphatic heterocycles. The maximum atomic E-state index is 12.1. The second-order valence-electron chi connectivity index (χ2n) is 6.39. The van der Waals surface area contributed by atoms with Crippen molar-refractivity contribution in [3.63, 3.8) is 0 Å². The number of hydrogen-bond acceptors (Lipinski definition) is 5. The standard InChI is InChI=1S/C15H21N5OS/c1-10-13(21)18(2)7-8-19(10)15-17-20-9-12(16-14(20)22-15)11-5-3-4-6-11/h9-11H,3-8H2,1-2H3. The van der Waals surface area contributed by atoms with Crippen LogP contribution >= 0.6 is 11.3 Å². The monoisotopic (exact) mass is 319 g/mol. The molecule has 1 saturated heterocycles. The van der Waals surface area contributed by atoms with Gasteiger partial charge in [0.25, 0.3) is 0 Å². The summed E-state index contributed by atoms with van der Waals surface area (Å²) in [4.78, 5) is 21.7. The average Bonchev–Trinajstić information content (AvgIpc) is 3.19. The van der Waals surface area contributed by atoms with Gasteiger partial charge in [0.15, 0.2) is 0 Å². The molecule has 1 saturated carbocycles. The number of amides is 1. The molecule has 7 heteroatoms. The van der Waals surface area contributed by atoms with Crippen molar-refractivity contribution < 1.29 is 4.79 Å². The third-order valence-electron chi connectivity index (χ3n) is 4.95. The zero-order chi connectivity index (χ0) is 15.3. The maximum Gasteiger partial charge on any atom is 0.244 e. The Hall–Kier alpha value is -1.63. The summed E-state index contributed by atoms with van der Waals surface area (Å²) in [6, 6.07) is -0.149. The Bertz CT molecular complexity index is 670. The Morgan fingerprint density at radius 2 is 2.05 bits per heavy atom. The number of piperazine rings is 1. The summed E-state index contributed by atoms with van der Waals surface area (Å²) in [5.74, 6) is 0.771. The zero-order valence-electron chi connectivity index (χ0n) is 13.0. The molecule has 2 fully saturated rings. The van der Waals surface area contributed by atoms with Crippen LogP contribution in [-0.2, 0) is 4.79 Å². The number of likely N-dealkylation sites (N-methyl/N-ethyl adjacent to an activating group) is 1. The van der Waals surface area contributed by atoms with Crippen molar-refractivity contribution >= 4 is 27.3 Å². The van der Waals surface area contributed by atoms with Gasteiger partial charge < -0.3 is 9.80 Å². The minimum atomic E-state index is -0.149. The van der Waals surface area contributed by atoms with Crippen molar-refractivity contribution in [3.8, 4) is 0 Å². The van der Waals surface area contributed by atoms with Crippen LogP contribution in [0.2, 0.25) is 0 Å². The lowest BCUT2D eigenvalue weighted by molar-refractivity contribution is -0.132. The number of carbonyl (C=O) groups excluding carboxylic acids is 1. The molecule has 1 unspecified atom stereocenters. The fraction of sp³-hybridized carbons (Fsp3) is 0.667. The molecule has 0 aromatic carbocycles. The number of anilines is 1. The second kappa shape index (κ2) is 5.22. The summed E-state index contributed by atoms with van der Waals surface area (Å²) in [6.07, 6.45) is 7.21. The van der Waals surface area contributed by atoms with Crippen LogP contribution < -0.4 is 4.90 Å². The number of hydrogen-bond donors (Lipinski definition) is 0.